The average molecular weight is 493 g/mol. The van der Waals surface area contributed by atoms with Gasteiger partial charge in [-0.15, -0.1) is 0 Å². The van der Waals surface area contributed by atoms with E-state index in [9.17, 15) is 23.5 Å². The highest BCUT2D eigenvalue weighted by Gasteiger charge is 2.29. The molecule has 0 spiro atoms. The number of hydrogen-bond acceptors (Lipinski definition) is 5. The smallest absolute Gasteiger partial charge is 0.255 e. The van der Waals surface area contributed by atoms with Crippen LogP contribution in [0.3, 0.4) is 0 Å². The lowest BCUT2D eigenvalue weighted by atomic mass is 10.1. The van der Waals surface area contributed by atoms with Crippen molar-refractivity contribution in [2.45, 2.75) is 38.3 Å². The molecule has 9 heteroatoms. The molecule has 3 aromatic rings. The first-order valence-corrected chi connectivity index (χ1v) is 12.0. The first kappa shape index (κ1) is 23.9. The van der Waals surface area contributed by atoms with E-state index in [1.54, 1.807) is 12.1 Å². The summed E-state index contributed by atoms with van der Waals surface area (Å²) in [6, 6.07) is 12.4. The lowest BCUT2D eigenvalue weighted by Crippen LogP contribution is -2.37. The molecule has 2 amide bonds. The Hall–Kier alpha value is -3.85. The Morgan fingerprint density at radius 3 is 2.61 bits per heavy atom. The van der Waals surface area contributed by atoms with E-state index in [1.807, 2.05) is 17.0 Å². The van der Waals surface area contributed by atoms with Gasteiger partial charge in [-0.1, -0.05) is 18.2 Å². The number of aliphatic hydroxyl groups is 1. The Morgan fingerprint density at radius 2 is 1.89 bits per heavy atom. The van der Waals surface area contributed by atoms with Crippen molar-refractivity contribution in [3.63, 3.8) is 0 Å². The highest BCUT2D eigenvalue weighted by molar-refractivity contribution is 6.04. The molecule has 2 aliphatic rings. The number of amides is 2. The van der Waals surface area contributed by atoms with Gasteiger partial charge in [-0.25, -0.2) is 13.8 Å². The van der Waals surface area contributed by atoms with E-state index in [0.29, 0.717) is 35.6 Å². The maximum atomic E-state index is 14.4. The van der Waals surface area contributed by atoms with Gasteiger partial charge >= 0.3 is 0 Å². The molecule has 36 heavy (non-hydrogen) atoms. The van der Waals surface area contributed by atoms with Crippen LogP contribution in [-0.4, -0.2) is 46.0 Å². The lowest BCUT2D eigenvalue weighted by molar-refractivity contribution is -0.131. The standard InChI is InChI=1S/C27H26F2N4O3/c28-19-4-1-5-20(29)25(19)21-14-22(26-23(32-21)15-30-27(26)36)31-17-8-6-16(7-9-17)13-24(35)33-11-2-3-18(33)10-12-34/h1,4-9,14,18,34H,2-3,10-13,15H2,(H,30,36)(H,31,32)/t18-/m0/s1. The molecule has 2 aliphatic heterocycles. The summed E-state index contributed by atoms with van der Waals surface area (Å²) in [5.41, 5.74) is 2.46. The number of hydrogen-bond donors (Lipinski definition) is 3. The summed E-state index contributed by atoms with van der Waals surface area (Å²) in [4.78, 5) is 31.4. The summed E-state index contributed by atoms with van der Waals surface area (Å²) in [5, 5.41) is 15.1. The molecule has 0 radical (unpaired) electrons. The van der Waals surface area contributed by atoms with Crippen molar-refractivity contribution in [3.05, 3.63) is 77.0 Å². The van der Waals surface area contributed by atoms with Gasteiger partial charge in [-0.3, -0.25) is 9.59 Å². The first-order valence-electron chi connectivity index (χ1n) is 12.0. The maximum Gasteiger partial charge on any atom is 0.255 e. The third-order valence-corrected chi connectivity index (χ3v) is 6.70. The minimum atomic E-state index is -0.737. The molecule has 0 saturated carbocycles. The van der Waals surface area contributed by atoms with Gasteiger partial charge in [0, 0.05) is 24.9 Å². The number of fused-ring (bicyclic) bond motifs is 1. The zero-order valence-corrected chi connectivity index (χ0v) is 19.6. The van der Waals surface area contributed by atoms with Gasteiger partial charge in [0.05, 0.1) is 41.2 Å². The number of carbonyl (C=O) groups excluding carboxylic acids is 2. The average Bonchev–Trinajstić information content (AvgIpc) is 3.47. The maximum absolute atomic E-state index is 14.4. The highest BCUT2D eigenvalue weighted by Crippen LogP contribution is 2.33. The van der Waals surface area contributed by atoms with Gasteiger partial charge in [-0.05, 0) is 55.2 Å². The lowest BCUT2D eigenvalue weighted by Gasteiger charge is -2.24. The van der Waals surface area contributed by atoms with Gasteiger partial charge in [0.15, 0.2) is 0 Å². The summed E-state index contributed by atoms with van der Waals surface area (Å²) >= 11 is 0. The summed E-state index contributed by atoms with van der Waals surface area (Å²) in [5.74, 6) is -1.75. The van der Waals surface area contributed by atoms with Crippen molar-refractivity contribution >= 4 is 23.2 Å². The predicted molar refractivity (Wildman–Crippen MR) is 131 cm³/mol. The second-order valence-electron chi connectivity index (χ2n) is 9.05. The molecule has 0 aliphatic carbocycles. The molecule has 0 bridgehead atoms. The number of pyridine rings is 1. The fraction of sp³-hybridized carbons (Fsp3) is 0.296. The number of likely N-dealkylation sites (tertiary alicyclic amines) is 1. The van der Waals surface area contributed by atoms with E-state index in [0.717, 1.165) is 30.5 Å². The molecule has 3 heterocycles. The van der Waals surface area contributed by atoms with Crippen LogP contribution in [0.1, 0.15) is 40.9 Å². The molecule has 7 nitrogen and oxygen atoms in total. The van der Waals surface area contributed by atoms with Gasteiger partial charge < -0.3 is 20.6 Å². The van der Waals surface area contributed by atoms with Crippen molar-refractivity contribution in [1.29, 1.82) is 0 Å². The second kappa shape index (κ2) is 10.0. The van der Waals surface area contributed by atoms with Crippen molar-refractivity contribution in [2.24, 2.45) is 0 Å². The van der Waals surface area contributed by atoms with Crippen LogP contribution in [0.5, 0.6) is 0 Å². The highest BCUT2D eigenvalue weighted by atomic mass is 19.1. The summed E-state index contributed by atoms with van der Waals surface area (Å²) in [6.45, 7) is 0.946. The van der Waals surface area contributed by atoms with Crippen molar-refractivity contribution in [3.8, 4) is 11.3 Å². The number of aromatic nitrogens is 1. The Labute approximate surface area is 207 Å². The van der Waals surface area contributed by atoms with E-state index in [1.165, 1.54) is 12.1 Å². The summed E-state index contributed by atoms with van der Waals surface area (Å²) in [7, 11) is 0. The number of aliphatic hydroxyl groups excluding tert-OH is 1. The number of benzene rings is 2. The number of halogens is 2. The zero-order chi connectivity index (χ0) is 25.2. The number of nitrogens with zero attached hydrogens (tertiary/aromatic N) is 2. The topological polar surface area (TPSA) is 94.6 Å². The van der Waals surface area contributed by atoms with Crippen molar-refractivity contribution in [1.82, 2.24) is 15.2 Å². The molecule has 3 N–H and O–H groups in total. The van der Waals surface area contributed by atoms with Crippen LogP contribution in [0.25, 0.3) is 11.3 Å². The SMILES string of the molecule is O=C1NCc2nc(-c3c(F)cccc3F)cc(Nc3ccc(CC(=O)N4CCC[C@H]4CCO)cc3)c21. The minimum Gasteiger partial charge on any atom is -0.396 e. The molecule has 1 fully saturated rings. The fourth-order valence-electron chi connectivity index (χ4n) is 4.95. The van der Waals surface area contributed by atoms with Crippen LogP contribution in [0.2, 0.25) is 0 Å². The van der Waals surface area contributed by atoms with Gasteiger partial charge in [0.2, 0.25) is 5.91 Å². The number of nitrogens with one attached hydrogen (secondary N) is 2. The normalized spacial score (nSPS) is 16.7. The molecule has 186 valence electrons. The van der Waals surface area contributed by atoms with Crippen LogP contribution in [-0.2, 0) is 17.8 Å². The Morgan fingerprint density at radius 1 is 1.14 bits per heavy atom. The van der Waals surface area contributed by atoms with E-state index < -0.39 is 11.6 Å². The molecular formula is C27H26F2N4O3. The van der Waals surface area contributed by atoms with Crippen LogP contribution >= 0.6 is 0 Å². The Bertz CT molecular complexity index is 1290. The number of anilines is 2. The zero-order valence-electron chi connectivity index (χ0n) is 19.6. The van der Waals surface area contributed by atoms with E-state index in [4.69, 9.17) is 0 Å². The van der Waals surface area contributed by atoms with Crippen LogP contribution in [0.4, 0.5) is 20.2 Å². The largest absolute Gasteiger partial charge is 0.396 e. The Balaban J connectivity index is 1.37. The number of rotatable bonds is 7. The van der Waals surface area contributed by atoms with Crippen LogP contribution in [0.15, 0.2) is 48.5 Å². The molecule has 0 unspecified atom stereocenters. The van der Waals surface area contributed by atoms with Crippen molar-refractivity contribution < 1.29 is 23.5 Å². The van der Waals surface area contributed by atoms with Crippen molar-refractivity contribution in [2.75, 3.05) is 18.5 Å². The Kier molecular flexibility index (Phi) is 6.65. The molecule has 5 rings (SSSR count). The van der Waals surface area contributed by atoms with E-state index in [-0.39, 0.29) is 48.7 Å². The van der Waals surface area contributed by atoms with Crippen LogP contribution < -0.4 is 10.6 Å². The first-order chi connectivity index (χ1) is 17.4. The molecule has 2 aromatic carbocycles. The molecule has 1 aromatic heterocycles. The monoisotopic (exact) mass is 492 g/mol. The van der Waals surface area contributed by atoms with Gasteiger partial charge in [0.25, 0.3) is 5.91 Å². The molecule has 1 atom stereocenters. The third-order valence-electron chi connectivity index (χ3n) is 6.70. The van der Waals surface area contributed by atoms with Gasteiger partial charge in [0.1, 0.15) is 11.6 Å². The minimum absolute atomic E-state index is 0.0341. The van der Waals surface area contributed by atoms with Gasteiger partial charge in [-0.2, -0.15) is 0 Å². The van der Waals surface area contributed by atoms with Crippen LogP contribution in [0, 0.1) is 11.6 Å². The predicted octanol–water partition coefficient (Wildman–Crippen LogP) is 3.93. The van der Waals surface area contributed by atoms with E-state index >= 15 is 0 Å². The summed E-state index contributed by atoms with van der Waals surface area (Å²) in [6.07, 6.45) is 2.71. The third kappa shape index (κ3) is 4.66. The second-order valence-corrected chi connectivity index (χ2v) is 9.05. The number of carbonyl (C=O) groups is 2. The van der Waals surface area contributed by atoms with E-state index in [2.05, 4.69) is 15.6 Å². The fourth-order valence-corrected chi connectivity index (χ4v) is 4.95. The molecule has 1 saturated heterocycles. The quantitative estimate of drug-likeness (QED) is 0.465. The molecular weight excluding hydrogens is 466 g/mol. The summed E-state index contributed by atoms with van der Waals surface area (Å²) < 4.78 is 28.8.